The summed E-state index contributed by atoms with van der Waals surface area (Å²) in [6, 6.07) is 9.65. The van der Waals surface area contributed by atoms with Crippen molar-refractivity contribution in [2.75, 3.05) is 18.0 Å². The van der Waals surface area contributed by atoms with E-state index in [1.165, 1.54) is 0 Å². The van der Waals surface area contributed by atoms with E-state index in [1.807, 2.05) is 30.3 Å². The Morgan fingerprint density at radius 1 is 1.15 bits per heavy atom. The van der Waals surface area contributed by atoms with Crippen molar-refractivity contribution in [1.82, 2.24) is 19.7 Å². The fraction of sp³-hybridized carbons (Fsp3) is 0.421. The Hall–Kier alpha value is -2.67. The van der Waals surface area contributed by atoms with Gasteiger partial charge in [0.25, 0.3) is 0 Å². The number of aromatic nitrogens is 4. The monoisotopic (exact) mass is 353 g/mol. The maximum absolute atomic E-state index is 5.99. The molecule has 7 heteroatoms. The van der Waals surface area contributed by atoms with Crippen molar-refractivity contribution in [1.29, 1.82) is 0 Å². The summed E-state index contributed by atoms with van der Waals surface area (Å²) in [6.07, 6.45) is 4.78. The lowest BCUT2D eigenvalue weighted by Crippen LogP contribution is -2.47. The van der Waals surface area contributed by atoms with Crippen molar-refractivity contribution in [2.45, 2.75) is 39.0 Å². The molecule has 0 amide bonds. The van der Waals surface area contributed by atoms with Crippen LogP contribution in [-0.2, 0) is 11.3 Å². The summed E-state index contributed by atoms with van der Waals surface area (Å²) in [7, 11) is 0. The predicted octanol–water partition coefficient (Wildman–Crippen LogP) is 2.99. The zero-order valence-corrected chi connectivity index (χ0v) is 15.1. The van der Waals surface area contributed by atoms with Gasteiger partial charge in [0.15, 0.2) is 5.82 Å². The molecule has 26 heavy (non-hydrogen) atoms. The first kappa shape index (κ1) is 16.8. The second-order valence-corrected chi connectivity index (χ2v) is 6.59. The summed E-state index contributed by atoms with van der Waals surface area (Å²) in [5.74, 6) is 2.43. The standard InChI is InChI=1S/C19H23N5O2/c1-3-15-12-23(11-14(2)26-15)19-22-21-18(17-8-4-5-9-20-17)24(19)13-16-7-6-10-25-16/h4-10,14-15H,3,11-13H2,1-2H3. The van der Waals surface area contributed by atoms with Gasteiger partial charge in [-0.05, 0) is 37.6 Å². The lowest BCUT2D eigenvalue weighted by atomic mass is 10.2. The molecule has 1 aliphatic rings. The molecule has 1 fully saturated rings. The highest BCUT2D eigenvalue weighted by molar-refractivity contribution is 5.53. The molecule has 1 saturated heterocycles. The molecule has 4 heterocycles. The molecule has 0 spiro atoms. The molecule has 0 aromatic carbocycles. The Morgan fingerprint density at radius 2 is 2.08 bits per heavy atom. The summed E-state index contributed by atoms with van der Waals surface area (Å²) >= 11 is 0. The number of hydrogen-bond donors (Lipinski definition) is 0. The highest BCUT2D eigenvalue weighted by Crippen LogP contribution is 2.26. The van der Waals surface area contributed by atoms with Crippen LogP contribution >= 0.6 is 0 Å². The minimum Gasteiger partial charge on any atom is -0.467 e. The quantitative estimate of drug-likeness (QED) is 0.702. The highest BCUT2D eigenvalue weighted by atomic mass is 16.5. The fourth-order valence-corrected chi connectivity index (χ4v) is 3.35. The molecule has 7 nitrogen and oxygen atoms in total. The Labute approximate surface area is 152 Å². The third-order valence-corrected chi connectivity index (χ3v) is 4.58. The van der Waals surface area contributed by atoms with Crippen molar-refractivity contribution in [2.24, 2.45) is 0 Å². The van der Waals surface area contributed by atoms with E-state index < -0.39 is 0 Å². The number of nitrogens with zero attached hydrogens (tertiary/aromatic N) is 5. The van der Waals surface area contributed by atoms with Crippen molar-refractivity contribution in [3.63, 3.8) is 0 Å². The van der Waals surface area contributed by atoms with Gasteiger partial charge in [-0.25, -0.2) is 0 Å². The number of ether oxygens (including phenoxy) is 1. The molecule has 1 aliphatic heterocycles. The fourth-order valence-electron chi connectivity index (χ4n) is 3.35. The van der Waals surface area contributed by atoms with E-state index in [4.69, 9.17) is 9.15 Å². The van der Waals surface area contributed by atoms with Crippen molar-refractivity contribution >= 4 is 5.95 Å². The summed E-state index contributed by atoms with van der Waals surface area (Å²) in [5, 5.41) is 8.95. The first-order valence-corrected chi connectivity index (χ1v) is 9.02. The van der Waals surface area contributed by atoms with E-state index in [0.717, 1.165) is 42.7 Å². The SMILES string of the molecule is CCC1CN(c2nnc(-c3ccccn3)n2Cc2ccco2)CC(C)O1. The zero-order chi connectivity index (χ0) is 17.9. The molecule has 0 bridgehead atoms. The number of morpholine rings is 1. The molecule has 2 atom stereocenters. The molecule has 0 radical (unpaired) electrons. The van der Waals surface area contributed by atoms with Crippen LogP contribution in [0.5, 0.6) is 0 Å². The summed E-state index contributed by atoms with van der Waals surface area (Å²) < 4.78 is 13.6. The molecule has 0 N–H and O–H groups in total. The molecule has 136 valence electrons. The maximum atomic E-state index is 5.99. The van der Waals surface area contributed by atoms with Crippen LogP contribution < -0.4 is 4.90 Å². The molecular weight excluding hydrogens is 330 g/mol. The van der Waals surface area contributed by atoms with E-state index in [0.29, 0.717) is 6.54 Å². The van der Waals surface area contributed by atoms with Gasteiger partial charge in [-0.15, -0.1) is 10.2 Å². The number of hydrogen-bond acceptors (Lipinski definition) is 6. The van der Waals surface area contributed by atoms with Crippen LogP contribution in [0.4, 0.5) is 5.95 Å². The summed E-state index contributed by atoms with van der Waals surface area (Å²) in [6.45, 7) is 6.40. The lowest BCUT2D eigenvalue weighted by Gasteiger charge is -2.37. The van der Waals surface area contributed by atoms with Crippen LogP contribution in [0, 0.1) is 0 Å². The molecule has 3 aromatic heterocycles. The largest absolute Gasteiger partial charge is 0.467 e. The van der Waals surface area contributed by atoms with Gasteiger partial charge < -0.3 is 14.1 Å². The van der Waals surface area contributed by atoms with E-state index in [9.17, 15) is 0 Å². The Bertz CT molecular complexity index is 831. The van der Waals surface area contributed by atoms with Crippen LogP contribution in [0.2, 0.25) is 0 Å². The molecule has 0 aliphatic carbocycles. The summed E-state index contributed by atoms with van der Waals surface area (Å²) in [4.78, 5) is 6.70. The smallest absolute Gasteiger partial charge is 0.228 e. The van der Waals surface area contributed by atoms with E-state index in [2.05, 4.69) is 38.5 Å². The van der Waals surface area contributed by atoms with Gasteiger partial charge in [-0.2, -0.15) is 0 Å². The van der Waals surface area contributed by atoms with Gasteiger partial charge in [0.1, 0.15) is 11.5 Å². The first-order valence-electron chi connectivity index (χ1n) is 9.02. The predicted molar refractivity (Wildman–Crippen MR) is 97.9 cm³/mol. The molecule has 3 aromatic rings. The minimum absolute atomic E-state index is 0.153. The zero-order valence-electron chi connectivity index (χ0n) is 15.1. The molecule has 0 saturated carbocycles. The Morgan fingerprint density at radius 3 is 2.81 bits per heavy atom. The third-order valence-electron chi connectivity index (χ3n) is 4.58. The van der Waals surface area contributed by atoms with Crippen LogP contribution in [0.3, 0.4) is 0 Å². The van der Waals surface area contributed by atoms with Gasteiger partial charge >= 0.3 is 0 Å². The van der Waals surface area contributed by atoms with Crippen molar-refractivity contribution in [3.05, 3.63) is 48.6 Å². The topological polar surface area (TPSA) is 69.2 Å². The molecule has 4 rings (SSSR count). The molecule has 2 unspecified atom stereocenters. The van der Waals surface area contributed by atoms with Crippen LogP contribution in [0.1, 0.15) is 26.0 Å². The van der Waals surface area contributed by atoms with Crippen LogP contribution in [-0.4, -0.2) is 45.0 Å². The average Bonchev–Trinajstić information content (AvgIpc) is 3.32. The van der Waals surface area contributed by atoms with Crippen molar-refractivity contribution in [3.8, 4) is 11.5 Å². The van der Waals surface area contributed by atoms with Gasteiger partial charge in [0.2, 0.25) is 5.95 Å². The molecular formula is C19H23N5O2. The number of anilines is 1. The van der Waals surface area contributed by atoms with Crippen LogP contribution in [0.15, 0.2) is 47.2 Å². The minimum atomic E-state index is 0.153. The van der Waals surface area contributed by atoms with Gasteiger partial charge in [0.05, 0.1) is 25.0 Å². The van der Waals surface area contributed by atoms with Crippen LogP contribution in [0.25, 0.3) is 11.5 Å². The highest BCUT2D eigenvalue weighted by Gasteiger charge is 2.29. The third kappa shape index (κ3) is 3.35. The average molecular weight is 353 g/mol. The number of pyridine rings is 1. The van der Waals surface area contributed by atoms with Gasteiger partial charge in [0, 0.05) is 19.3 Å². The Kier molecular flexibility index (Phi) is 4.71. The maximum Gasteiger partial charge on any atom is 0.228 e. The van der Waals surface area contributed by atoms with E-state index >= 15 is 0 Å². The van der Waals surface area contributed by atoms with Gasteiger partial charge in [-0.1, -0.05) is 13.0 Å². The van der Waals surface area contributed by atoms with E-state index in [1.54, 1.807) is 12.5 Å². The second-order valence-electron chi connectivity index (χ2n) is 6.59. The normalized spacial score (nSPS) is 20.5. The first-order chi connectivity index (χ1) is 12.7. The number of furan rings is 1. The lowest BCUT2D eigenvalue weighted by molar-refractivity contribution is -0.0178. The van der Waals surface area contributed by atoms with E-state index in [-0.39, 0.29) is 12.2 Å². The number of rotatable bonds is 5. The second kappa shape index (κ2) is 7.29. The Balaban J connectivity index is 1.73. The van der Waals surface area contributed by atoms with Crippen molar-refractivity contribution < 1.29 is 9.15 Å². The summed E-state index contributed by atoms with van der Waals surface area (Å²) in [5.41, 5.74) is 0.797. The van der Waals surface area contributed by atoms with Gasteiger partial charge in [-0.3, -0.25) is 9.55 Å².